The lowest BCUT2D eigenvalue weighted by Gasteiger charge is -2.53. The summed E-state index contributed by atoms with van der Waals surface area (Å²) in [5, 5.41) is 10.2. The van der Waals surface area contributed by atoms with Crippen molar-refractivity contribution >= 4 is 18.0 Å². The van der Waals surface area contributed by atoms with Crippen LogP contribution in [0.3, 0.4) is 0 Å². The number of alkyl halides is 2. The maximum absolute atomic E-state index is 15.0. The third-order valence-electron chi connectivity index (χ3n) is 6.32. The van der Waals surface area contributed by atoms with Crippen LogP contribution in [0.5, 0.6) is 0 Å². The van der Waals surface area contributed by atoms with E-state index in [1.165, 1.54) is 20.8 Å². The highest BCUT2D eigenvalue weighted by atomic mass is 19.3. The summed E-state index contributed by atoms with van der Waals surface area (Å²) in [6, 6.07) is 15.4. The normalized spacial score (nSPS) is 21.7. The standard InChI is InChI=1S/C26H29F2NO6/c1-24(2,3)26(22(31)32)16-25(27,28)17-29(23(33)35-15-19-12-8-5-9-13-19)20(26)21(30)34-14-18-10-6-4-7-11-18/h4-13,20H,14-17H2,1-3H3,(H,31,32)/t20-,26+/m1/s1. The molecule has 1 aliphatic heterocycles. The number of carboxylic acids is 1. The van der Waals surface area contributed by atoms with Crippen LogP contribution in [0.15, 0.2) is 60.7 Å². The molecule has 9 heteroatoms. The highest BCUT2D eigenvalue weighted by Gasteiger charge is 2.68. The number of piperidine rings is 1. The van der Waals surface area contributed by atoms with Crippen LogP contribution < -0.4 is 0 Å². The number of aliphatic carboxylic acids is 1. The molecular weight excluding hydrogens is 460 g/mol. The number of hydrogen-bond donors (Lipinski definition) is 1. The Balaban J connectivity index is 1.99. The van der Waals surface area contributed by atoms with E-state index in [4.69, 9.17) is 9.47 Å². The number of halogens is 2. The number of likely N-dealkylation sites (tertiary alicyclic amines) is 1. The molecule has 2 aromatic rings. The molecule has 1 saturated heterocycles. The Morgan fingerprint density at radius 3 is 1.89 bits per heavy atom. The third kappa shape index (κ3) is 5.61. The van der Waals surface area contributed by atoms with Crippen LogP contribution in [-0.2, 0) is 32.3 Å². The number of carbonyl (C=O) groups excluding carboxylic acids is 2. The van der Waals surface area contributed by atoms with Crippen LogP contribution in [-0.4, -0.2) is 46.5 Å². The molecule has 2 aromatic carbocycles. The van der Waals surface area contributed by atoms with Crippen molar-refractivity contribution in [3.05, 3.63) is 71.8 Å². The van der Waals surface area contributed by atoms with E-state index < -0.39 is 53.8 Å². The number of nitrogens with zero attached hydrogens (tertiary/aromatic N) is 1. The van der Waals surface area contributed by atoms with Gasteiger partial charge in [-0.15, -0.1) is 0 Å². The Bertz CT molecular complexity index is 1050. The molecule has 1 aliphatic rings. The minimum Gasteiger partial charge on any atom is -0.481 e. The van der Waals surface area contributed by atoms with Crippen molar-refractivity contribution in [1.82, 2.24) is 4.90 Å². The lowest BCUT2D eigenvalue weighted by molar-refractivity contribution is -0.206. The number of ether oxygens (including phenoxy) is 2. The van der Waals surface area contributed by atoms with Crippen molar-refractivity contribution in [2.45, 2.75) is 52.4 Å². The van der Waals surface area contributed by atoms with Gasteiger partial charge < -0.3 is 14.6 Å². The zero-order valence-electron chi connectivity index (χ0n) is 19.9. The van der Waals surface area contributed by atoms with E-state index in [2.05, 4.69) is 0 Å². The summed E-state index contributed by atoms with van der Waals surface area (Å²) in [5.74, 6) is -6.28. The predicted octanol–water partition coefficient (Wildman–Crippen LogP) is 4.89. The minimum absolute atomic E-state index is 0.209. The van der Waals surface area contributed by atoms with E-state index in [-0.39, 0.29) is 13.2 Å². The molecule has 0 saturated carbocycles. The lowest BCUT2D eigenvalue weighted by Crippen LogP contribution is -2.70. The fourth-order valence-electron chi connectivity index (χ4n) is 4.46. The van der Waals surface area contributed by atoms with Crippen molar-refractivity contribution in [3.8, 4) is 0 Å². The van der Waals surface area contributed by atoms with Crippen LogP contribution >= 0.6 is 0 Å². The zero-order chi connectivity index (χ0) is 25.9. The monoisotopic (exact) mass is 489 g/mol. The second-order valence-corrected chi connectivity index (χ2v) is 9.72. The Morgan fingerprint density at radius 2 is 1.43 bits per heavy atom. The van der Waals surface area contributed by atoms with Gasteiger partial charge in [-0.1, -0.05) is 81.4 Å². The Hall–Kier alpha value is -3.49. The number of rotatable bonds is 6. The summed E-state index contributed by atoms with van der Waals surface area (Å²) in [6.45, 7) is 2.74. The first-order valence-electron chi connectivity index (χ1n) is 11.2. The molecule has 0 aliphatic carbocycles. The first-order valence-corrected chi connectivity index (χ1v) is 11.2. The molecule has 1 fully saturated rings. The number of amides is 1. The summed E-state index contributed by atoms with van der Waals surface area (Å²) >= 11 is 0. The molecule has 0 spiro atoms. The van der Waals surface area contributed by atoms with Crippen molar-refractivity contribution in [2.24, 2.45) is 10.8 Å². The van der Waals surface area contributed by atoms with Crippen molar-refractivity contribution in [2.75, 3.05) is 6.54 Å². The highest BCUT2D eigenvalue weighted by Crippen LogP contribution is 2.54. The van der Waals surface area contributed by atoms with Gasteiger partial charge in [-0.05, 0) is 16.5 Å². The van der Waals surface area contributed by atoms with Gasteiger partial charge in [0.1, 0.15) is 24.7 Å². The van der Waals surface area contributed by atoms with E-state index in [9.17, 15) is 28.3 Å². The molecule has 35 heavy (non-hydrogen) atoms. The fourth-order valence-corrected chi connectivity index (χ4v) is 4.46. The smallest absolute Gasteiger partial charge is 0.411 e. The molecule has 0 aromatic heterocycles. The van der Waals surface area contributed by atoms with E-state index in [0.717, 1.165) is 0 Å². The second kappa shape index (κ2) is 10.0. The van der Waals surface area contributed by atoms with Crippen LogP contribution in [0.1, 0.15) is 38.3 Å². The minimum atomic E-state index is -3.58. The van der Waals surface area contributed by atoms with Gasteiger partial charge in [0.2, 0.25) is 0 Å². The van der Waals surface area contributed by atoms with Crippen molar-refractivity contribution in [1.29, 1.82) is 0 Å². The molecule has 0 unspecified atom stereocenters. The Kier molecular flexibility index (Phi) is 7.47. The average molecular weight is 490 g/mol. The molecule has 7 nitrogen and oxygen atoms in total. The molecule has 3 rings (SSSR count). The molecule has 0 radical (unpaired) electrons. The second-order valence-electron chi connectivity index (χ2n) is 9.72. The Morgan fingerprint density at radius 1 is 0.943 bits per heavy atom. The van der Waals surface area contributed by atoms with Gasteiger partial charge in [0.25, 0.3) is 5.92 Å². The SMILES string of the molecule is CC(C)(C)[C@@]1(C(=O)O)CC(F)(F)CN(C(=O)OCc2ccccc2)[C@@H]1C(=O)OCc1ccccc1. The summed E-state index contributed by atoms with van der Waals surface area (Å²) in [4.78, 5) is 39.6. The number of esters is 1. The van der Waals surface area contributed by atoms with Crippen LogP contribution in [0, 0.1) is 10.8 Å². The number of carboxylic acid groups (broad SMARTS) is 1. The van der Waals surface area contributed by atoms with Crippen LogP contribution in [0.25, 0.3) is 0 Å². The van der Waals surface area contributed by atoms with E-state index in [1.54, 1.807) is 60.7 Å². The summed E-state index contributed by atoms with van der Waals surface area (Å²) in [6.07, 6.45) is -2.35. The molecule has 2 atom stereocenters. The van der Waals surface area contributed by atoms with Crippen molar-refractivity contribution in [3.63, 3.8) is 0 Å². The molecule has 0 bridgehead atoms. The summed E-state index contributed by atoms with van der Waals surface area (Å²) in [5.41, 5.74) is -2.46. The zero-order valence-corrected chi connectivity index (χ0v) is 19.9. The number of benzene rings is 2. The summed E-state index contributed by atoms with van der Waals surface area (Å²) < 4.78 is 40.6. The average Bonchev–Trinajstić information content (AvgIpc) is 2.80. The topological polar surface area (TPSA) is 93.1 Å². The summed E-state index contributed by atoms with van der Waals surface area (Å²) in [7, 11) is 0. The number of hydrogen-bond acceptors (Lipinski definition) is 5. The molecule has 1 amide bonds. The van der Waals surface area contributed by atoms with Crippen molar-refractivity contribution < 1.29 is 37.7 Å². The van der Waals surface area contributed by atoms with Gasteiger partial charge in [0, 0.05) is 6.42 Å². The van der Waals surface area contributed by atoms with Gasteiger partial charge >= 0.3 is 18.0 Å². The van der Waals surface area contributed by atoms with Gasteiger partial charge in [-0.2, -0.15) is 0 Å². The van der Waals surface area contributed by atoms with E-state index in [0.29, 0.717) is 16.0 Å². The predicted molar refractivity (Wildman–Crippen MR) is 122 cm³/mol. The fraction of sp³-hybridized carbons (Fsp3) is 0.423. The Labute approximate surface area is 202 Å². The molecule has 188 valence electrons. The first kappa shape index (κ1) is 26.1. The van der Waals surface area contributed by atoms with Crippen LogP contribution in [0.4, 0.5) is 13.6 Å². The number of carbonyl (C=O) groups is 3. The van der Waals surface area contributed by atoms with Gasteiger partial charge in [0.05, 0.1) is 6.54 Å². The maximum atomic E-state index is 15.0. The molecular formula is C26H29F2NO6. The maximum Gasteiger partial charge on any atom is 0.411 e. The van der Waals surface area contributed by atoms with Gasteiger partial charge in [-0.3, -0.25) is 9.69 Å². The highest BCUT2D eigenvalue weighted by molar-refractivity contribution is 5.91. The quantitative estimate of drug-likeness (QED) is 0.581. The molecule has 1 N–H and O–H groups in total. The van der Waals surface area contributed by atoms with E-state index >= 15 is 0 Å². The first-order chi connectivity index (χ1) is 16.4. The van der Waals surface area contributed by atoms with E-state index in [1.807, 2.05) is 0 Å². The van der Waals surface area contributed by atoms with Crippen LogP contribution in [0.2, 0.25) is 0 Å². The largest absolute Gasteiger partial charge is 0.481 e. The van der Waals surface area contributed by atoms with Gasteiger partial charge in [0.15, 0.2) is 0 Å². The molecule has 1 heterocycles. The van der Waals surface area contributed by atoms with Gasteiger partial charge in [-0.25, -0.2) is 18.4 Å². The lowest BCUT2D eigenvalue weighted by atomic mass is 9.57. The third-order valence-corrected chi connectivity index (χ3v) is 6.32.